The van der Waals surface area contributed by atoms with Crippen LogP contribution in [0.25, 0.3) is 0 Å². The monoisotopic (exact) mass is 207 g/mol. The average Bonchev–Trinajstić information content (AvgIpc) is 2.30. The maximum Gasteiger partial charge on any atom is 0.328 e. The van der Waals surface area contributed by atoms with Crippen molar-refractivity contribution in [2.75, 3.05) is 0 Å². The zero-order valence-electron chi connectivity index (χ0n) is 9.34. The Balaban J connectivity index is 0.000000921. The first-order valence-electron chi connectivity index (χ1n) is 5.01. The SMILES string of the molecule is CC.CC(N=Cc1ccccc1)C(=O)O. The standard InChI is InChI=1S/C10H11NO2.C2H6/c1-8(10(12)13)11-7-9-5-3-2-4-6-9;1-2/h2-8H,1H3,(H,12,13);1-2H3. The van der Waals surface area contributed by atoms with Gasteiger partial charge in [0.05, 0.1) is 0 Å². The normalized spacial score (nSPS) is 11.7. The summed E-state index contributed by atoms with van der Waals surface area (Å²) in [5.74, 6) is -0.910. The Morgan fingerprint density at radius 2 is 1.87 bits per heavy atom. The fourth-order valence-electron chi connectivity index (χ4n) is 0.801. The minimum Gasteiger partial charge on any atom is -0.480 e. The van der Waals surface area contributed by atoms with Crippen LogP contribution in [0.2, 0.25) is 0 Å². The van der Waals surface area contributed by atoms with Crippen molar-refractivity contribution in [1.29, 1.82) is 0 Å². The summed E-state index contributed by atoms with van der Waals surface area (Å²) in [5, 5.41) is 8.55. The molecule has 0 aliphatic rings. The molecule has 1 atom stereocenters. The fraction of sp³-hybridized carbons (Fsp3) is 0.333. The van der Waals surface area contributed by atoms with Gasteiger partial charge in [-0.15, -0.1) is 0 Å². The molecule has 1 N–H and O–H groups in total. The lowest BCUT2D eigenvalue weighted by Gasteiger charge is -1.97. The van der Waals surface area contributed by atoms with Crippen molar-refractivity contribution in [3.05, 3.63) is 35.9 Å². The van der Waals surface area contributed by atoms with E-state index in [9.17, 15) is 4.79 Å². The van der Waals surface area contributed by atoms with Gasteiger partial charge in [-0.3, -0.25) is 4.99 Å². The first kappa shape index (κ1) is 13.4. The molecule has 0 aliphatic heterocycles. The summed E-state index contributed by atoms with van der Waals surface area (Å²) in [4.78, 5) is 14.3. The van der Waals surface area contributed by atoms with Crippen LogP contribution in [0.3, 0.4) is 0 Å². The molecular weight excluding hydrogens is 190 g/mol. The van der Waals surface area contributed by atoms with Crippen molar-refractivity contribution in [1.82, 2.24) is 0 Å². The molecule has 0 amide bonds. The molecule has 82 valence electrons. The minimum absolute atomic E-state index is 0.680. The van der Waals surface area contributed by atoms with E-state index in [-0.39, 0.29) is 0 Å². The van der Waals surface area contributed by atoms with Crippen LogP contribution >= 0.6 is 0 Å². The summed E-state index contributed by atoms with van der Waals surface area (Å²) < 4.78 is 0. The highest BCUT2D eigenvalue weighted by Crippen LogP contribution is 1.96. The van der Waals surface area contributed by atoms with E-state index in [1.165, 1.54) is 0 Å². The number of aliphatic carboxylic acids is 1. The lowest BCUT2D eigenvalue weighted by Crippen LogP contribution is -2.12. The van der Waals surface area contributed by atoms with Crippen LogP contribution in [0.5, 0.6) is 0 Å². The van der Waals surface area contributed by atoms with Gasteiger partial charge in [0.15, 0.2) is 0 Å². The highest BCUT2D eigenvalue weighted by atomic mass is 16.4. The Bertz CT molecular complexity index is 307. The van der Waals surface area contributed by atoms with Crippen molar-refractivity contribution < 1.29 is 9.90 Å². The van der Waals surface area contributed by atoms with Gasteiger partial charge in [0.2, 0.25) is 0 Å². The number of hydrogen-bond donors (Lipinski definition) is 1. The third kappa shape index (κ3) is 5.62. The highest BCUT2D eigenvalue weighted by Gasteiger charge is 2.05. The van der Waals surface area contributed by atoms with Crippen LogP contribution < -0.4 is 0 Å². The van der Waals surface area contributed by atoms with Crippen molar-refractivity contribution in [3.63, 3.8) is 0 Å². The molecule has 3 nitrogen and oxygen atoms in total. The number of carbonyl (C=O) groups is 1. The van der Waals surface area contributed by atoms with E-state index < -0.39 is 12.0 Å². The van der Waals surface area contributed by atoms with Gasteiger partial charge in [0.25, 0.3) is 0 Å². The summed E-state index contributed by atoms with van der Waals surface area (Å²) >= 11 is 0. The Morgan fingerprint density at radius 3 is 2.33 bits per heavy atom. The van der Waals surface area contributed by atoms with Crippen LogP contribution in [0.15, 0.2) is 35.3 Å². The molecule has 0 heterocycles. The zero-order valence-corrected chi connectivity index (χ0v) is 9.34. The summed E-state index contributed by atoms with van der Waals surface area (Å²) in [6, 6.07) is 8.73. The van der Waals surface area contributed by atoms with Gasteiger partial charge in [0.1, 0.15) is 6.04 Å². The molecule has 1 unspecified atom stereocenters. The molecule has 15 heavy (non-hydrogen) atoms. The van der Waals surface area contributed by atoms with E-state index in [0.29, 0.717) is 0 Å². The van der Waals surface area contributed by atoms with Gasteiger partial charge < -0.3 is 5.11 Å². The first-order chi connectivity index (χ1) is 7.20. The summed E-state index contributed by atoms with van der Waals surface area (Å²) in [6.07, 6.45) is 1.57. The molecule has 0 saturated carbocycles. The molecular formula is C12H17NO2. The van der Waals surface area contributed by atoms with Gasteiger partial charge in [-0.05, 0) is 12.5 Å². The zero-order chi connectivity index (χ0) is 11.7. The fourth-order valence-corrected chi connectivity index (χ4v) is 0.801. The Labute approximate surface area is 90.5 Å². The van der Waals surface area contributed by atoms with Gasteiger partial charge in [-0.2, -0.15) is 0 Å². The maximum absolute atomic E-state index is 10.4. The van der Waals surface area contributed by atoms with Crippen molar-refractivity contribution in [2.45, 2.75) is 26.8 Å². The highest BCUT2D eigenvalue weighted by molar-refractivity contribution is 5.83. The molecule has 0 radical (unpaired) electrons. The summed E-state index contributed by atoms with van der Waals surface area (Å²) in [7, 11) is 0. The molecule has 0 spiro atoms. The number of aliphatic imine (C=N–C) groups is 1. The number of carboxylic acids is 1. The van der Waals surface area contributed by atoms with E-state index in [0.717, 1.165) is 5.56 Å². The topological polar surface area (TPSA) is 49.7 Å². The second-order valence-corrected chi connectivity index (χ2v) is 2.70. The second kappa shape index (κ2) is 7.74. The molecule has 1 rings (SSSR count). The minimum atomic E-state index is -0.910. The predicted octanol–water partition coefficient (Wildman–Crippen LogP) is 2.60. The van der Waals surface area contributed by atoms with E-state index >= 15 is 0 Å². The van der Waals surface area contributed by atoms with E-state index in [2.05, 4.69) is 4.99 Å². The van der Waals surface area contributed by atoms with Crippen molar-refractivity contribution in [3.8, 4) is 0 Å². The van der Waals surface area contributed by atoms with Crippen LogP contribution in [-0.2, 0) is 4.79 Å². The van der Waals surface area contributed by atoms with Crippen LogP contribution in [0.1, 0.15) is 26.3 Å². The largest absolute Gasteiger partial charge is 0.480 e. The number of hydrogen-bond acceptors (Lipinski definition) is 2. The predicted molar refractivity (Wildman–Crippen MR) is 62.5 cm³/mol. The molecule has 0 bridgehead atoms. The Hall–Kier alpha value is -1.64. The number of carboxylic acid groups (broad SMARTS) is 1. The van der Waals surface area contributed by atoms with Crippen LogP contribution in [-0.4, -0.2) is 23.3 Å². The third-order valence-electron chi connectivity index (χ3n) is 1.60. The average molecular weight is 207 g/mol. The van der Waals surface area contributed by atoms with Crippen molar-refractivity contribution in [2.24, 2.45) is 4.99 Å². The smallest absolute Gasteiger partial charge is 0.328 e. The summed E-state index contributed by atoms with van der Waals surface area (Å²) in [6.45, 7) is 5.54. The van der Waals surface area contributed by atoms with Crippen molar-refractivity contribution >= 4 is 12.2 Å². The van der Waals surface area contributed by atoms with Crippen LogP contribution in [0, 0.1) is 0 Å². The number of benzene rings is 1. The van der Waals surface area contributed by atoms with Gasteiger partial charge in [-0.25, -0.2) is 4.79 Å². The molecule has 0 aromatic heterocycles. The lowest BCUT2D eigenvalue weighted by atomic mass is 10.2. The molecule has 0 saturated heterocycles. The van der Waals surface area contributed by atoms with Gasteiger partial charge >= 0.3 is 5.97 Å². The number of rotatable bonds is 3. The van der Waals surface area contributed by atoms with Gasteiger partial charge in [0, 0.05) is 6.21 Å². The molecule has 1 aromatic carbocycles. The van der Waals surface area contributed by atoms with Crippen LogP contribution in [0.4, 0.5) is 0 Å². The molecule has 3 heteroatoms. The third-order valence-corrected chi connectivity index (χ3v) is 1.60. The van der Waals surface area contributed by atoms with E-state index in [1.807, 2.05) is 44.2 Å². The molecule has 1 aromatic rings. The quantitative estimate of drug-likeness (QED) is 0.774. The lowest BCUT2D eigenvalue weighted by molar-refractivity contribution is -0.137. The number of nitrogens with zero attached hydrogens (tertiary/aromatic N) is 1. The Morgan fingerprint density at radius 1 is 1.33 bits per heavy atom. The molecule has 0 aliphatic carbocycles. The first-order valence-corrected chi connectivity index (χ1v) is 5.01. The van der Waals surface area contributed by atoms with E-state index in [4.69, 9.17) is 5.11 Å². The maximum atomic E-state index is 10.4. The van der Waals surface area contributed by atoms with Gasteiger partial charge in [-0.1, -0.05) is 44.2 Å². The van der Waals surface area contributed by atoms with E-state index in [1.54, 1.807) is 13.1 Å². The Kier molecular flexibility index (Phi) is 6.89. The summed E-state index contributed by atoms with van der Waals surface area (Å²) in [5.41, 5.74) is 0.913. The second-order valence-electron chi connectivity index (χ2n) is 2.70. The molecule has 0 fully saturated rings.